The maximum Gasteiger partial charge on any atom is 0.498 e. The Morgan fingerprint density at radius 1 is 0.439 bits per heavy atom. The van der Waals surface area contributed by atoms with E-state index in [9.17, 15) is 0 Å². The molecule has 4 nitrogen and oxygen atoms in total. The second kappa shape index (κ2) is 13.6. The monoisotopic (exact) mass is 878 g/mol. The van der Waals surface area contributed by atoms with Crippen molar-refractivity contribution in [2.75, 3.05) is 0 Å². The first kappa shape index (κ1) is 40.0. The summed E-state index contributed by atoms with van der Waals surface area (Å²) in [5, 5.41) is 4.87. The molecule has 3 aliphatic rings. The van der Waals surface area contributed by atoms with Gasteiger partial charge >= 0.3 is 7.12 Å². The fourth-order valence-corrected chi connectivity index (χ4v) is 11.9. The summed E-state index contributed by atoms with van der Waals surface area (Å²) in [6.45, 7) is 15.8. The van der Waals surface area contributed by atoms with Gasteiger partial charge in [0.2, 0.25) is 0 Å². The van der Waals surface area contributed by atoms with Gasteiger partial charge in [0, 0.05) is 44.3 Å². The van der Waals surface area contributed by atoms with Crippen molar-refractivity contribution in [3.63, 3.8) is 0 Å². The van der Waals surface area contributed by atoms with Crippen molar-refractivity contribution in [2.45, 2.75) is 76.9 Å². The Kier molecular flexibility index (Phi) is 8.24. The normalized spacial score (nSPS) is 18.6. The predicted molar refractivity (Wildman–Crippen MR) is 272 cm³/mol. The SMILES string of the molecule is CC1(C)c2ccccc2-c2ccc(-c3ccc4oc5c(B6OC(C)(C)C(C)(Cc7ccc8c(c7)-c7ccc(-c9ccc%10oc%11c(Cl)cccc%11c%10c9)cc7C8(C)C)O6)cccc5c4c3)cc21. The number of para-hydroxylation sites is 2. The lowest BCUT2D eigenvalue weighted by Gasteiger charge is -2.36. The van der Waals surface area contributed by atoms with Crippen LogP contribution in [0.3, 0.4) is 0 Å². The third-order valence-electron chi connectivity index (χ3n) is 15.8. The topological polar surface area (TPSA) is 44.7 Å². The van der Waals surface area contributed by atoms with E-state index >= 15 is 0 Å². The zero-order valence-electron chi connectivity index (χ0n) is 38.2. The Bertz CT molecular complexity index is 3720. The molecule has 2 aliphatic carbocycles. The minimum atomic E-state index is -0.630. The highest BCUT2D eigenvalue weighted by atomic mass is 35.5. The van der Waals surface area contributed by atoms with Crippen molar-refractivity contribution in [1.29, 1.82) is 0 Å². The van der Waals surface area contributed by atoms with Gasteiger partial charge in [-0.3, -0.25) is 0 Å². The first-order chi connectivity index (χ1) is 31.7. The lowest BCUT2D eigenvalue weighted by Crippen LogP contribution is -2.46. The fourth-order valence-electron chi connectivity index (χ4n) is 11.7. The van der Waals surface area contributed by atoms with Crippen molar-refractivity contribution in [2.24, 2.45) is 0 Å². The third kappa shape index (κ3) is 5.60. The second-order valence-electron chi connectivity index (χ2n) is 20.6. The van der Waals surface area contributed by atoms with Crippen molar-refractivity contribution < 1.29 is 18.1 Å². The summed E-state index contributed by atoms with van der Waals surface area (Å²) in [7, 11) is -0.599. The minimum Gasteiger partial charge on any atom is -0.456 e. The number of furan rings is 2. The molecule has 13 rings (SSSR count). The second-order valence-corrected chi connectivity index (χ2v) is 21.1. The smallest absolute Gasteiger partial charge is 0.456 e. The van der Waals surface area contributed by atoms with Gasteiger partial charge in [-0.25, -0.2) is 0 Å². The molecule has 2 aromatic heterocycles. The van der Waals surface area contributed by atoms with E-state index in [1.807, 2.05) is 12.1 Å². The lowest BCUT2D eigenvalue weighted by molar-refractivity contribution is -0.00876. The van der Waals surface area contributed by atoms with Gasteiger partial charge < -0.3 is 18.1 Å². The number of fused-ring (bicyclic) bond motifs is 12. The molecule has 0 amide bonds. The van der Waals surface area contributed by atoms with Crippen LogP contribution >= 0.6 is 11.6 Å². The quantitative estimate of drug-likeness (QED) is 0.162. The first-order valence-electron chi connectivity index (χ1n) is 23.1. The molecule has 8 aromatic carbocycles. The fraction of sp³-hybridized carbons (Fsp3) is 0.200. The molecule has 1 unspecified atom stereocenters. The van der Waals surface area contributed by atoms with Crippen LogP contribution in [-0.2, 0) is 26.6 Å². The van der Waals surface area contributed by atoms with Crippen molar-refractivity contribution in [3.8, 4) is 44.5 Å². The number of halogens is 1. The summed E-state index contributed by atoms with van der Waals surface area (Å²) in [4.78, 5) is 0. The van der Waals surface area contributed by atoms with Gasteiger partial charge in [-0.1, -0.05) is 148 Å². The molecule has 6 heteroatoms. The summed E-state index contributed by atoms with van der Waals surface area (Å²) in [6, 6.07) is 54.9. The highest BCUT2D eigenvalue weighted by Gasteiger charge is 2.55. The van der Waals surface area contributed by atoms with E-state index in [1.54, 1.807) is 0 Å². The molecule has 1 saturated heterocycles. The standard InChI is InChI=1S/C60H48BClO4/c1-57(2)47-15-9-8-12-39(47)40-23-19-37(31-49(40)57)35-21-26-53-45(29-35)42-13-10-16-51(55(42)63-53)61-65-59(5,6)60(7,66-61)33-34-18-25-48-44(28-34)41-24-20-38(32-50(41)58(48,3)4)36-22-27-54-46(30-36)43-14-11-17-52(62)56(43)64-54/h8-32H,33H2,1-7H3. The van der Waals surface area contributed by atoms with Crippen LogP contribution in [0.15, 0.2) is 160 Å². The minimum absolute atomic E-state index is 0.0635. The molecule has 0 N–H and O–H groups in total. The van der Waals surface area contributed by atoms with E-state index in [0.717, 1.165) is 54.9 Å². The maximum atomic E-state index is 7.10. The highest BCUT2D eigenvalue weighted by molar-refractivity contribution is 6.65. The molecule has 3 heterocycles. The molecule has 322 valence electrons. The summed E-state index contributed by atoms with van der Waals surface area (Å²) >= 11 is 6.50. The summed E-state index contributed by atoms with van der Waals surface area (Å²) in [5.41, 5.74) is 19.2. The molecule has 10 aromatic rings. The van der Waals surface area contributed by atoms with Crippen LogP contribution in [0.25, 0.3) is 88.4 Å². The van der Waals surface area contributed by atoms with Gasteiger partial charge in [0.25, 0.3) is 0 Å². The molecule has 1 atom stereocenters. The Morgan fingerprint density at radius 3 is 1.67 bits per heavy atom. The van der Waals surface area contributed by atoms with Crippen LogP contribution in [-0.4, -0.2) is 18.3 Å². The van der Waals surface area contributed by atoms with Crippen molar-refractivity contribution >= 4 is 68.1 Å². The van der Waals surface area contributed by atoms with E-state index in [0.29, 0.717) is 11.4 Å². The molecule has 1 aliphatic heterocycles. The van der Waals surface area contributed by atoms with Crippen LogP contribution in [0, 0.1) is 0 Å². The molecule has 0 radical (unpaired) electrons. The highest BCUT2D eigenvalue weighted by Crippen LogP contribution is 2.52. The Balaban J connectivity index is 0.797. The van der Waals surface area contributed by atoms with Crippen LogP contribution in [0.4, 0.5) is 0 Å². The van der Waals surface area contributed by atoms with E-state index < -0.39 is 18.3 Å². The average Bonchev–Trinajstić information content (AvgIpc) is 4.06. The summed E-state index contributed by atoms with van der Waals surface area (Å²) in [5.74, 6) is 0. The van der Waals surface area contributed by atoms with Crippen LogP contribution in [0.2, 0.25) is 5.02 Å². The summed E-state index contributed by atoms with van der Waals surface area (Å²) < 4.78 is 26.8. The largest absolute Gasteiger partial charge is 0.498 e. The van der Waals surface area contributed by atoms with Gasteiger partial charge in [-0.15, -0.1) is 0 Å². The van der Waals surface area contributed by atoms with E-state index in [4.69, 9.17) is 29.7 Å². The molecular weight excluding hydrogens is 831 g/mol. The summed E-state index contributed by atoms with van der Waals surface area (Å²) in [6.07, 6.45) is 0.683. The third-order valence-corrected chi connectivity index (χ3v) is 16.1. The van der Waals surface area contributed by atoms with Gasteiger partial charge in [0.15, 0.2) is 5.58 Å². The van der Waals surface area contributed by atoms with Crippen molar-refractivity contribution in [3.05, 3.63) is 184 Å². The maximum absolute atomic E-state index is 7.10. The van der Waals surface area contributed by atoms with E-state index in [-0.39, 0.29) is 10.8 Å². The number of benzene rings is 8. The molecule has 0 spiro atoms. The van der Waals surface area contributed by atoms with Gasteiger partial charge in [-0.2, -0.15) is 0 Å². The molecule has 0 bridgehead atoms. The van der Waals surface area contributed by atoms with Crippen LogP contribution in [0.1, 0.15) is 76.3 Å². The Hall–Kier alpha value is -6.37. The molecule has 66 heavy (non-hydrogen) atoms. The molecular formula is C60H48BClO4. The van der Waals surface area contributed by atoms with Gasteiger partial charge in [-0.05, 0) is 136 Å². The molecule has 0 saturated carbocycles. The molecule has 1 fully saturated rings. The number of hydrogen-bond acceptors (Lipinski definition) is 4. The Morgan fingerprint density at radius 2 is 0.985 bits per heavy atom. The van der Waals surface area contributed by atoms with E-state index in [2.05, 4.69) is 188 Å². The first-order valence-corrected chi connectivity index (χ1v) is 23.5. The number of hydrogen-bond donors (Lipinski definition) is 0. The zero-order valence-corrected chi connectivity index (χ0v) is 39.0. The lowest BCUT2D eigenvalue weighted by atomic mass is 9.78. The van der Waals surface area contributed by atoms with Crippen molar-refractivity contribution in [1.82, 2.24) is 0 Å². The van der Waals surface area contributed by atoms with Crippen LogP contribution < -0.4 is 5.46 Å². The van der Waals surface area contributed by atoms with Crippen LogP contribution in [0.5, 0.6) is 0 Å². The van der Waals surface area contributed by atoms with Gasteiger partial charge in [0.05, 0.1) is 16.2 Å². The van der Waals surface area contributed by atoms with E-state index in [1.165, 1.54) is 66.8 Å². The number of rotatable bonds is 5. The van der Waals surface area contributed by atoms with Gasteiger partial charge in [0.1, 0.15) is 16.7 Å². The Labute approximate surface area is 390 Å². The zero-order chi connectivity index (χ0) is 45.1. The predicted octanol–water partition coefficient (Wildman–Crippen LogP) is 15.6. The average molecular weight is 879 g/mol.